The highest BCUT2D eigenvalue weighted by Crippen LogP contribution is 2.21. The van der Waals surface area contributed by atoms with Crippen LogP contribution in [0.25, 0.3) is 0 Å². The Morgan fingerprint density at radius 1 is 1.00 bits per heavy atom. The Hall–Kier alpha value is -1.35. The summed E-state index contributed by atoms with van der Waals surface area (Å²) in [6.45, 7) is 6.72. The lowest BCUT2D eigenvalue weighted by atomic mass is 10.1. The minimum absolute atomic E-state index is 0.454. The molecule has 0 aliphatic heterocycles. The highest BCUT2D eigenvalue weighted by molar-refractivity contribution is 6.31. The Morgan fingerprint density at radius 2 is 1.71 bits per heavy atom. The summed E-state index contributed by atoms with van der Waals surface area (Å²) >= 11 is 6.38. The van der Waals surface area contributed by atoms with Gasteiger partial charge in [0.15, 0.2) is 0 Å². The first-order chi connectivity index (χ1) is 10.1. The molecule has 0 aliphatic carbocycles. The Bertz CT molecular complexity index is 567. The topological polar surface area (TPSA) is 29.3 Å². The van der Waals surface area contributed by atoms with Crippen molar-refractivity contribution in [2.75, 3.05) is 0 Å². The van der Waals surface area contributed by atoms with Crippen molar-refractivity contribution in [1.82, 2.24) is 4.90 Å². The summed E-state index contributed by atoms with van der Waals surface area (Å²) in [7, 11) is 0. The van der Waals surface area contributed by atoms with Crippen LogP contribution in [0.3, 0.4) is 0 Å². The molecule has 0 saturated carbocycles. The molecule has 0 radical (unpaired) electrons. The Labute approximate surface area is 132 Å². The fraction of sp³-hybridized carbons (Fsp3) is 0.333. The van der Waals surface area contributed by atoms with Gasteiger partial charge in [-0.1, -0.05) is 54.1 Å². The number of halogens is 1. The van der Waals surface area contributed by atoms with E-state index in [1.165, 1.54) is 5.56 Å². The normalized spacial score (nSPS) is 11.3. The van der Waals surface area contributed by atoms with Gasteiger partial charge in [0.2, 0.25) is 0 Å². The smallest absolute Gasteiger partial charge is 0.0454 e. The lowest BCUT2D eigenvalue weighted by molar-refractivity contribution is 0.204. The van der Waals surface area contributed by atoms with Gasteiger partial charge in [-0.15, -0.1) is 0 Å². The van der Waals surface area contributed by atoms with Gasteiger partial charge in [-0.3, -0.25) is 4.90 Å². The number of hydrogen-bond donors (Lipinski definition) is 1. The zero-order valence-corrected chi connectivity index (χ0v) is 13.5. The number of nitrogens with two attached hydrogens (primary N) is 1. The molecule has 0 aliphatic rings. The van der Waals surface area contributed by atoms with Gasteiger partial charge in [0.05, 0.1) is 0 Å². The molecule has 2 aromatic carbocycles. The lowest BCUT2D eigenvalue weighted by Crippen LogP contribution is -2.29. The van der Waals surface area contributed by atoms with Crippen LogP contribution in [0, 0.1) is 0 Å². The molecule has 112 valence electrons. The molecule has 0 unspecified atom stereocenters. The largest absolute Gasteiger partial charge is 0.326 e. The third-order valence-electron chi connectivity index (χ3n) is 3.69. The fourth-order valence-electron chi connectivity index (χ4n) is 2.30. The van der Waals surface area contributed by atoms with Gasteiger partial charge in [-0.25, -0.2) is 0 Å². The van der Waals surface area contributed by atoms with Gasteiger partial charge in [0.25, 0.3) is 0 Å². The van der Waals surface area contributed by atoms with Crippen LogP contribution >= 0.6 is 11.6 Å². The third-order valence-corrected chi connectivity index (χ3v) is 4.04. The second-order valence-corrected chi connectivity index (χ2v) is 6.02. The third kappa shape index (κ3) is 4.57. The van der Waals surface area contributed by atoms with Crippen molar-refractivity contribution in [3.63, 3.8) is 0 Å². The molecule has 2 rings (SSSR count). The highest BCUT2D eigenvalue weighted by Gasteiger charge is 2.13. The molecule has 3 heteroatoms. The lowest BCUT2D eigenvalue weighted by Gasteiger charge is -2.27. The summed E-state index contributed by atoms with van der Waals surface area (Å²) in [4.78, 5) is 2.42. The summed E-state index contributed by atoms with van der Waals surface area (Å²) in [6, 6.07) is 17.1. The number of nitrogens with zero attached hydrogens (tertiary/aromatic N) is 1. The molecule has 0 bridgehead atoms. The summed E-state index contributed by atoms with van der Waals surface area (Å²) in [5, 5.41) is 0.802. The van der Waals surface area contributed by atoms with Crippen molar-refractivity contribution in [3.05, 3.63) is 70.2 Å². The predicted molar refractivity (Wildman–Crippen MR) is 90.2 cm³/mol. The van der Waals surface area contributed by atoms with Crippen LogP contribution in [0.5, 0.6) is 0 Å². The van der Waals surface area contributed by atoms with E-state index in [0.29, 0.717) is 12.6 Å². The SMILES string of the molecule is CC(C)N(Cc1ccccc1)Cc1ccc(CN)cc1Cl. The number of rotatable bonds is 6. The maximum atomic E-state index is 6.38. The monoisotopic (exact) mass is 302 g/mol. The molecule has 0 heterocycles. The molecule has 0 spiro atoms. The zero-order chi connectivity index (χ0) is 15.2. The minimum atomic E-state index is 0.454. The molecule has 0 atom stereocenters. The van der Waals surface area contributed by atoms with Gasteiger partial charge in [-0.05, 0) is 36.6 Å². The van der Waals surface area contributed by atoms with Crippen molar-refractivity contribution >= 4 is 11.6 Å². The first-order valence-electron chi connectivity index (χ1n) is 7.35. The predicted octanol–water partition coefficient (Wildman–Crippen LogP) is 4.21. The molecular formula is C18H23ClN2. The highest BCUT2D eigenvalue weighted by atomic mass is 35.5. The Balaban J connectivity index is 2.13. The standard InChI is InChI=1S/C18H23ClN2/c1-14(2)21(12-15-6-4-3-5-7-15)13-17-9-8-16(11-20)10-18(17)19/h3-10,14H,11-13,20H2,1-2H3. The summed E-state index contributed by atoms with van der Waals surface area (Å²) in [6.07, 6.45) is 0. The summed E-state index contributed by atoms with van der Waals surface area (Å²) in [5.74, 6) is 0. The van der Waals surface area contributed by atoms with E-state index in [-0.39, 0.29) is 0 Å². The van der Waals surface area contributed by atoms with Crippen LogP contribution in [0.1, 0.15) is 30.5 Å². The van der Waals surface area contributed by atoms with Crippen LogP contribution in [-0.2, 0) is 19.6 Å². The van der Waals surface area contributed by atoms with Crippen LogP contribution in [0.2, 0.25) is 5.02 Å². The van der Waals surface area contributed by atoms with E-state index >= 15 is 0 Å². The summed E-state index contributed by atoms with van der Waals surface area (Å²) in [5.41, 5.74) is 9.20. The van der Waals surface area contributed by atoms with Gasteiger partial charge >= 0.3 is 0 Å². The zero-order valence-electron chi connectivity index (χ0n) is 12.7. The van der Waals surface area contributed by atoms with Crippen molar-refractivity contribution in [2.45, 2.75) is 39.5 Å². The average molecular weight is 303 g/mol. The first-order valence-corrected chi connectivity index (χ1v) is 7.73. The average Bonchev–Trinajstić information content (AvgIpc) is 2.49. The Kier molecular flexibility index (Phi) is 5.80. The minimum Gasteiger partial charge on any atom is -0.326 e. The molecule has 0 fully saturated rings. The maximum absolute atomic E-state index is 6.38. The molecule has 0 aromatic heterocycles. The van der Waals surface area contributed by atoms with Crippen LogP contribution in [0.15, 0.2) is 48.5 Å². The van der Waals surface area contributed by atoms with Gasteiger partial charge in [-0.2, -0.15) is 0 Å². The van der Waals surface area contributed by atoms with Crippen molar-refractivity contribution < 1.29 is 0 Å². The Morgan fingerprint density at radius 3 is 2.29 bits per heavy atom. The first kappa shape index (κ1) is 16.0. The number of benzene rings is 2. The summed E-state index contributed by atoms with van der Waals surface area (Å²) < 4.78 is 0. The second-order valence-electron chi connectivity index (χ2n) is 5.61. The van der Waals surface area contributed by atoms with E-state index in [4.69, 9.17) is 17.3 Å². The quantitative estimate of drug-likeness (QED) is 0.866. The van der Waals surface area contributed by atoms with Crippen LogP contribution in [-0.4, -0.2) is 10.9 Å². The van der Waals surface area contributed by atoms with Crippen molar-refractivity contribution in [1.29, 1.82) is 0 Å². The van der Waals surface area contributed by atoms with Crippen LogP contribution < -0.4 is 5.73 Å². The molecule has 2 aromatic rings. The molecule has 2 nitrogen and oxygen atoms in total. The molecule has 0 saturated heterocycles. The van der Waals surface area contributed by atoms with E-state index in [1.807, 2.05) is 12.1 Å². The molecule has 2 N–H and O–H groups in total. The van der Waals surface area contributed by atoms with Crippen molar-refractivity contribution in [2.24, 2.45) is 5.73 Å². The second kappa shape index (κ2) is 7.60. The fourth-order valence-corrected chi connectivity index (χ4v) is 2.57. The van der Waals surface area contributed by atoms with Crippen LogP contribution in [0.4, 0.5) is 0 Å². The van der Waals surface area contributed by atoms with Gasteiger partial charge < -0.3 is 5.73 Å². The molecular weight excluding hydrogens is 280 g/mol. The van der Waals surface area contributed by atoms with Gasteiger partial charge in [0, 0.05) is 30.7 Å². The van der Waals surface area contributed by atoms with E-state index in [1.54, 1.807) is 0 Å². The van der Waals surface area contributed by atoms with E-state index in [9.17, 15) is 0 Å². The molecule has 21 heavy (non-hydrogen) atoms. The van der Waals surface area contributed by atoms with Crippen molar-refractivity contribution in [3.8, 4) is 0 Å². The number of hydrogen-bond acceptors (Lipinski definition) is 2. The maximum Gasteiger partial charge on any atom is 0.0454 e. The van der Waals surface area contributed by atoms with E-state index < -0.39 is 0 Å². The van der Waals surface area contributed by atoms with E-state index in [0.717, 1.165) is 29.2 Å². The van der Waals surface area contributed by atoms with E-state index in [2.05, 4.69) is 55.1 Å². The van der Waals surface area contributed by atoms with Gasteiger partial charge in [0.1, 0.15) is 0 Å². The molecule has 0 amide bonds.